The average molecular weight is 417 g/mol. The number of aryl methyl sites for hydroxylation is 1. The number of nitrogens with one attached hydrogen (secondary N) is 1. The molecule has 1 aromatic carbocycles. The summed E-state index contributed by atoms with van der Waals surface area (Å²) in [6.45, 7) is 2.87. The van der Waals surface area contributed by atoms with Crippen molar-refractivity contribution >= 4 is 21.6 Å². The first-order valence-electron chi connectivity index (χ1n) is 10.3. The highest BCUT2D eigenvalue weighted by Crippen LogP contribution is 2.38. The summed E-state index contributed by atoms with van der Waals surface area (Å²) in [6.07, 6.45) is 5.74. The highest BCUT2D eigenvalue weighted by atomic mass is 32.2. The van der Waals surface area contributed by atoms with E-state index in [0.29, 0.717) is 25.4 Å². The average Bonchev–Trinajstić information content (AvgIpc) is 3.18. The number of hydrogen-bond acceptors (Lipinski definition) is 4. The Hall–Kier alpha value is -2.19. The number of fused-ring (bicyclic) bond motifs is 1. The SMILES string of the molecule is CCS(=O)(=O)N1CCC(Cc2cn[nH]c2-c2cccc3c2N(C)C(=O)CC3)CC1. The van der Waals surface area contributed by atoms with E-state index in [1.54, 1.807) is 16.1 Å². The lowest BCUT2D eigenvalue weighted by molar-refractivity contribution is -0.118. The second-order valence-corrected chi connectivity index (χ2v) is 10.2. The Morgan fingerprint density at radius 3 is 2.69 bits per heavy atom. The van der Waals surface area contributed by atoms with Gasteiger partial charge < -0.3 is 4.90 Å². The minimum absolute atomic E-state index is 0.135. The van der Waals surface area contributed by atoms with Gasteiger partial charge >= 0.3 is 0 Å². The summed E-state index contributed by atoms with van der Waals surface area (Å²) in [4.78, 5) is 14.0. The largest absolute Gasteiger partial charge is 0.315 e. The molecule has 3 heterocycles. The molecule has 0 bridgehead atoms. The van der Waals surface area contributed by atoms with Crippen molar-refractivity contribution in [1.82, 2.24) is 14.5 Å². The van der Waals surface area contributed by atoms with Crippen LogP contribution in [0.4, 0.5) is 5.69 Å². The molecule has 7 nitrogen and oxygen atoms in total. The summed E-state index contributed by atoms with van der Waals surface area (Å²) < 4.78 is 25.8. The van der Waals surface area contributed by atoms with Crippen LogP contribution in [0.1, 0.15) is 37.3 Å². The van der Waals surface area contributed by atoms with Gasteiger partial charge in [0.1, 0.15) is 0 Å². The zero-order chi connectivity index (χ0) is 20.6. The van der Waals surface area contributed by atoms with E-state index in [9.17, 15) is 13.2 Å². The maximum atomic E-state index is 12.3. The molecule has 0 radical (unpaired) electrons. The van der Waals surface area contributed by atoms with Gasteiger partial charge in [-0.2, -0.15) is 5.10 Å². The fraction of sp³-hybridized carbons (Fsp3) is 0.524. The van der Waals surface area contributed by atoms with Gasteiger partial charge in [0.15, 0.2) is 0 Å². The third-order valence-corrected chi connectivity index (χ3v) is 8.15. The summed E-state index contributed by atoms with van der Waals surface area (Å²) in [5, 5.41) is 7.43. The van der Waals surface area contributed by atoms with Gasteiger partial charge in [-0.05, 0) is 49.7 Å². The second kappa shape index (κ2) is 7.91. The number of nitrogens with zero attached hydrogens (tertiary/aromatic N) is 3. The Balaban J connectivity index is 1.55. The monoisotopic (exact) mass is 416 g/mol. The zero-order valence-corrected chi connectivity index (χ0v) is 17.8. The number of H-pyrrole nitrogens is 1. The summed E-state index contributed by atoms with van der Waals surface area (Å²) in [7, 11) is -1.27. The van der Waals surface area contributed by atoms with E-state index in [1.165, 1.54) is 5.56 Å². The number of anilines is 1. The summed E-state index contributed by atoms with van der Waals surface area (Å²) in [5.41, 5.74) is 5.26. The summed E-state index contributed by atoms with van der Waals surface area (Å²) >= 11 is 0. The molecule has 0 atom stereocenters. The molecule has 156 valence electrons. The molecule has 0 spiro atoms. The molecule has 8 heteroatoms. The predicted octanol–water partition coefficient (Wildman–Crippen LogP) is 2.59. The number of sulfonamides is 1. The van der Waals surface area contributed by atoms with Gasteiger partial charge in [0.05, 0.1) is 23.3 Å². The maximum Gasteiger partial charge on any atom is 0.227 e. The van der Waals surface area contributed by atoms with E-state index in [0.717, 1.165) is 48.2 Å². The Kier molecular flexibility index (Phi) is 5.48. The van der Waals surface area contributed by atoms with Gasteiger partial charge in [-0.3, -0.25) is 9.89 Å². The lowest BCUT2D eigenvalue weighted by atomic mass is 9.89. The van der Waals surface area contributed by atoms with Crippen molar-refractivity contribution in [2.24, 2.45) is 5.92 Å². The van der Waals surface area contributed by atoms with Crippen molar-refractivity contribution in [3.05, 3.63) is 35.5 Å². The van der Waals surface area contributed by atoms with Crippen LogP contribution in [0.25, 0.3) is 11.3 Å². The quantitative estimate of drug-likeness (QED) is 0.812. The van der Waals surface area contributed by atoms with E-state index in [2.05, 4.69) is 16.3 Å². The number of rotatable bonds is 5. The number of piperidine rings is 1. The Morgan fingerprint density at radius 2 is 1.97 bits per heavy atom. The van der Waals surface area contributed by atoms with E-state index in [-0.39, 0.29) is 11.7 Å². The topological polar surface area (TPSA) is 86.4 Å². The fourth-order valence-corrected chi connectivity index (χ4v) is 5.64. The first kappa shape index (κ1) is 20.1. The Bertz CT molecular complexity index is 1010. The van der Waals surface area contributed by atoms with Crippen LogP contribution in [0.5, 0.6) is 0 Å². The van der Waals surface area contributed by atoms with Crippen molar-refractivity contribution in [1.29, 1.82) is 0 Å². The molecule has 0 unspecified atom stereocenters. The number of hydrogen-bond donors (Lipinski definition) is 1. The molecule has 1 saturated heterocycles. The van der Waals surface area contributed by atoms with Crippen LogP contribution in [0.2, 0.25) is 0 Å². The zero-order valence-electron chi connectivity index (χ0n) is 17.0. The van der Waals surface area contributed by atoms with Crippen molar-refractivity contribution < 1.29 is 13.2 Å². The molecule has 4 rings (SSSR count). The smallest absolute Gasteiger partial charge is 0.227 e. The van der Waals surface area contributed by atoms with Gasteiger partial charge in [0.2, 0.25) is 15.9 Å². The number of carbonyl (C=O) groups excluding carboxylic acids is 1. The summed E-state index contributed by atoms with van der Waals surface area (Å²) in [6, 6.07) is 6.17. The number of carbonyl (C=O) groups is 1. The van der Waals surface area contributed by atoms with Crippen LogP contribution in [-0.4, -0.2) is 54.7 Å². The van der Waals surface area contributed by atoms with Crippen molar-refractivity contribution in [2.45, 2.75) is 39.0 Å². The Morgan fingerprint density at radius 1 is 1.21 bits per heavy atom. The van der Waals surface area contributed by atoms with Crippen LogP contribution in [0.15, 0.2) is 24.4 Å². The lowest BCUT2D eigenvalue weighted by Gasteiger charge is -2.31. The van der Waals surface area contributed by atoms with Crippen LogP contribution >= 0.6 is 0 Å². The minimum Gasteiger partial charge on any atom is -0.315 e. The normalized spacial score (nSPS) is 18.8. The first-order chi connectivity index (χ1) is 13.9. The molecule has 2 aliphatic heterocycles. The second-order valence-electron chi connectivity index (χ2n) is 7.98. The summed E-state index contributed by atoms with van der Waals surface area (Å²) in [5.74, 6) is 0.721. The van der Waals surface area contributed by atoms with Gasteiger partial charge in [-0.1, -0.05) is 18.2 Å². The maximum absolute atomic E-state index is 12.3. The number of amides is 1. The molecular formula is C21H28N4O3S. The molecule has 2 aliphatic rings. The molecule has 2 aromatic rings. The van der Waals surface area contributed by atoms with E-state index >= 15 is 0 Å². The standard InChI is InChI=1S/C21H28N4O3S/c1-3-29(27,28)25-11-9-15(10-12-25)13-17-14-22-23-20(17)18-6-4-5-16-7-8-19(26)24(2)21(16)18/h4-6,14-15H,3,7-13H2,1-2H3,(H,22,23). The van der Waals surface area contributed by atoms with E-state index in [1.807, 2.05) is 25.4 Å². The Labute approximate surface area is 172 Å². The van der Waals surface area contributed by atoms with E-state index in [4.69, 9.17) is 0 Å². The molecule has 29 heavy (non-hydrogen) atoms. The highest BCUT2D eigenvalue weighted by molar-refractivity contribution is 7.89. The molecule has 1 fully saturated rings. The van der Waals surface area contributed by atoms with Crippen molar-refractivity contribution in [3.8, 4) is 11.3 Å². The first-order valence-corrected chi connectivity index (χ1v) is 11.9. The van der Waals surface area contributed by atoms with Crippen LogP contribution in [0.3, 0.4) is 0 Å². The van der Waals surface area contributed by atoms with Gasteiger partial charge in [0, 0.05) is 32.1 Å². The molecule has 0 aliphatic carbocycles. The van der Waals surface area contributed by atoms with Crippen LogP contribution in [-0.2, 0) is 27.7 Å². The highest BCUT2D eigenvalue weighted by Gasteiger charge is 2.29. The van der Waals surface area contributed by atoms with Gasteiger partial charge in [-0.25, -0.2) is 12.7 Å². The minimum atomic E-state index is -3.10. The molecular weight excluding hydrogens is 388 g/mol. The molecule has 0 saturated carbocycles. The van der Waals surface area contributed by atoms with Gasteiger partial charge in [-0.15, -0.1) is 0 Å². The lowest BCUT2D eigenvalue weighted by Crippen LogP contribution is -2.39. The van der Waals surface area contributed by atoms with Crippen molar-refractivity contribution in [3.63, 3.8) is 0 Å². The molecule has 1 aromatic heterocycles. The molecule has 1 amide bonds. The predicted molar refractivity (Wildman–Crippen MR) is 113 cm³/mol. The number of para-hydroxylation sites is 1. The van der Waals surface area contributed by atoms with Crippen LogP contribution < -0.4 is 4.90 Å². The molecule has 1 N–H and O–H groups in total. The van der Waals surface area contributed by atoms with Crippen LogP contribution in [0, 0.1) is 5.92 Å². The third-order valence-electron chi connectivity index (χ3n) is 6.26. The third kappa shape index (κ3) is 3.83. The fourth-order valence-electron chi connectivity index (χ4n) is 4.51. The van der Waals surface area contributed by atoms with E-state index < -0.39 is 10.0 Å². The van der Waals surface area contributed by atoms with Gasteiger partial charge in [0.25, 0.3) is 0 Å². The van der Waals surface area contributed by atoms with Crippen molar-refractivity contribution in [2.75, 3.05) is 30.8 Å². The number of aromatic nitrogens is 2. The number of benzene rings is 1. The number of aromatic amines is 1.